The molecule has 0 saturated heterocycles. The van der Waals surface area contributed by atoms with Crippen LogP contribution in [-0.2, 0) is 57.2 Å². The van der Waals surface area contributed by atoms with Crippen molar-refractivity contribution in [2.24, 2.45) is 10.8 Å². The smallest absolute Gasteiger partial charge is 0.330 e. The first-order chi connectivity index (χ1) is 22.9. The van der Waals surface area contributed by atoms with E-state index in [1.54, 1.807) is 0 Å². The summed E-state index contributed by atoms with van der Waals surface area (Å²) in [5.41, 5.74) is -1.76. The fourth-order valence-corrected chi connectivity index (χ4v) is 4.21. The van der Waals surface area contributed by atoms with Gasteiger partial charge in [0.2, 0.25) is 0 Å². The highest BCUT2D eigenvalue weighted by Crippen LogP contribution is 2.26. The SMILES string of the molecule is C=CC(=O)OCC(CC)(COC(=O)C=C)COC(=O)CCCCCCCCCCC(=O)OCC(CC)(COC(=O)C=C)COC(=O)C=C. The van der Waals surface area contributed by atoms with Gasteiger partial charge in [-0.2, -0.15) is 0 Å². The lowest BCUT2D eigenvalue weighted by Gasteiger charge is -2.30. The molecule has 12 nitrogen and oxygen atoms in total. The minimum Gasteiger partial charge on any atom is -0.465 e. The first-order valence-electron chi connectivity index (χ1n) is 16.4. The molecule has 0 unspecified atom stereocenters. The lowest BCUT2D eigenvalue weighted by Crippen LogP contribution is -2.38. The highest BCUT2D eigenvalue weighted by Gasteiger charge is 2.35. The molecule has 0 rings (SSSR count). The molecule has 0 amide bonds. The van der Waals surface area contributed by atoms with E-state index in [0.29, 0.717) is 25.7 Å². The summed E-state index contributed by atoms with van der Waals surface area (Å²) in [5.74, 6) is -3.26. The van der Waals surface area contributed by atoms with Crippen molar-refractivity contribution in [3.8, 4) is 0 Å². The van der Waals surface area contributed by atoms with Crippen LogP contribution in [0.25, 0.3) is 0 Å². The second-order valence-corrected chi connectivity index (χ2v) is 11.6. The Morgan fingerprint density at radius 1 is 0.417 bits per heavy atom. The second-order valence-electron chi connectivity index (χ2n) is 11.6. The van der Waals surface area contributed by atoms with Crippen LogP contribution < -0.4 is 0 Å². The number of unbranched alkanes of at least 4 members (excludes halogenated alkanes) is 7. The maximum absolute atomic E-state index is 12.4. The molecule has 0 N–H and O–H groups in total. The molecule has 270 valence electrons. The number of ether oxygens (including phenoxy) is 6. The fourth-order valence-electron chi connectivity index (χ4n) is 4.21. The highest BCUT2D eigenvalue weighted by atomic mass is 16.6. The first-order valence-corrected chi connectivity index (χ1v) is 16.4. The maximum atomic E-state index is 12.4. The van der Waals surface area contributed by atoms with Crippen molar-refractivity contribution in [1.82, 2.24) is 0 Å². The molecule has 0 aliphatic heterocycles. The largest absolute Gasteiger partial charge is 0.465 e. The van der Waals surface area contributed by atoms with Gasteiger partial charge in [-0.25, -0.2) is 19.2 Å². The molecule has 0 spiro atoms. The number of hydrogen-bond donors (Lipinski definition) is 0. The zero-order valence-electron chi connectivity index (χ0n) is 28.8. The predicted octanol–water partition coefficient (Wildman–Crippen LogP) is 5.68. The van der Waals surface area contributed by atoms with E-state index in [0.717, 1.165) is 62.8 Å². The van der Waals surface area contributed by atoms with E-state index in [1.165, 1.54) is 0 Å². The van der Waals surface area contributed by atoms with E-state index in [2.05, 4.69) is 26.3 Å². The number of carbonyl (C=O) groups excluding carboxylic acids is 6. The first kappa shape index (κ1) is 43.8. The van der Waals surface area contributed by atoms with Crippen molar-refractivity contribution in [2.45, 2.75) is 90.9 Å². The molecular formula is C36H54O12. The zero-order chi connectivity index (χ0) is 36.3. The van der Waals surface area contributed by atoms with Gasteiger partial charge in [0.15, 0.2) is 0 Å². The third-order valence-corrected chi connectivity index (χ3v) is 7.84. The molecule has 0 radical (unpaired) electrons. The summed E-state index contributed by atoms with van der Waals surface area (Å²) < 4.78 is 31.6. The van der Waals surface area contributed by atoms with Crippen molar-refractivity contribution in [3.63, 3.8) is 0 Å². The van der Waals surface area contributed by atoms with Crippen LogP contribution >= 0.6 is 0 Å². The van der Waals surface area contributed by atoms with Gasteiger partial charge >= 0.3 is 35.8 Å². The average Bonchev–Trinajstić information content (AvgIpc) is 3.11. The monoisotopic (exact) mass is 678 g/mol. The molecular weight excluding hydrogens is 624 g/mol. The third kappa shape index (κ3) is 20.1. The van der Waals surface area contributed by atoms with E-state index in [4.69, 9.17) is 28.4 Å². The van der Waals surface area contributed by atoms with E-state index in [1.807, 2.05) is 13.8 Å². The number of rotatable bonds is 29. The van der Waals surface area contributed by atoms with Gasteiger partial charge in [0.25, 0.3) is 0 Å². The highest BCUT2D eigenvalue weighted by molar-refractivity contribution is 5.82. The van der Waals surface area contributed by atoms with Gasteiger partial charge in [-0.3, -0.25) is 9.59 Å². The number of esters is 6. The Bertz CT molecular complexity index is 945. The van der Waals surface area contributed by atoms with E-state index < -0.39 is 34.7 Å². The maximum Gasteiger partial charge on any atom is 0.330 e. The Morgan fingerprint density at radius 3 is 0.875 bits per heavy atom. The molecule has 12 heteroatoms. The lowest BCUT2D eigenvalue weighted by molar-refractivity contribution is -0.161. The Morgan fingerprint density at radius 2 is 0.646 bits per heavy atom. The van der Waals surface area contributed by atoms with Crippen LogP contribution in [0.2, 0.25) is 0 Å². The normalized spacial score (nSPS) is 11.0. The Hall–Kier alpha value is -4.22. The molecule has 0 bridgehead atoms. The number of hydrogen-bond acceptors (Lipinski definition) is 12. The van der Waals surface area contributed by atoms with E-state index >= 15 is 0 Å². The molecule has 0 aromatic heterocycles. The molecule has 0 heterocycles. The minimum atomic E-state index is -0.881. The molecule has 0 saturated carbocycles. The molecule has 0 aliphatic rings. The molecule has 48 heavy (non-hydrogen) atoms. The van der Waals surface area contributed by atoms with Crippen molar-refractivity contribution in [3.05, 3.63) is 50.6 Å². The van der Waals surface area contributed by atoms with Gasteiger partial charge in [0.05, 0.1) is 10.8 Å². The van der Waals surface area contributed by atoms with Gasteiger partial charge in [-0.1, -0.05) is 78.7 Å². The quantitative estimate of drug-likeness (QED) is 0.0413. The summed E-state index contributed by atoms with van der Waals surface area (Å²) in [6, 6.07) is 0. The topological polar surface area (TPSA) is 158 Å². The summed E-state index contributed by atoms with van der Waals surface area (Å²) in [6.45, 7) is 16.6. The molecule has 0 fully saturated rings. The predicted molar refractivity (Wildman–Crippen MR) is 178 cm³/mol. The standard InChI is InChI=1S/C36H54O12/c1-7-29(37)43-23-35(11-5,24-44-30(38)8-2)27-47-33(41)21-19-17-15-13-14-16-18-20-22-34(42)48-28-36(12-6,25-45-31(39)9-3)26-46-32(40)10-4/h7-10H,1-4,11-28H2,5-6H3. The zero-order valence-corrected chi connectivity index (χ0v) is 28.8. The summed E-state index contributed by atoms with van der Waals surface area (Å²) in [6.07, 6.45) is 12.4. The van der Waals surface area contributed by atoms with Gasteiger partial charge in [0.1, 0.15) is 39.6 Å². The summed E-state index contributed by atoms with van der Waals surface area (Å²) in [5, 5.41) is 0. The number of carbonyl (C=O) groups is 6. The average molecular weight is 679 g/mol. The van der Waals surface area contributed by atoms with Crippen molar-refractivity contribution in [1.29, 1.82) is 0 Å². The Balaban J connectivity index is 4.35. The van der Waals surface area contributed by atoms with Crippen LogP contribution in [0.3, 0.4) is 0 Å². The van der Waals surface area contributed by atoms with E-state index in [-0.39, 0.29) is 64.4 Å². The molecule has 0 aromatic rings. The van der Waals surface area contributed by atoms with Crippen molar-refractivity contribution >= 4 is 35.8 Å². The minimum absolute atomic E-state index is 0.0689. The van der Waals surface area contributed by atoms with Crippen molar-refractivity contribution in [2.75, 3.05) is 39.6 Å². The van der Waals surface area contributed by atoms with Crippen LogP contribution in [0, 0.1) is 10.8 Å². The van der Waals surface area contributed by atoms with Gasteiger partial charge in [-0.15, -0.1) is 0 Å². The molecule has 0 atom stereocenters. The Kier molecular flexibility index (Phi) is 23.5. The van der Waals surface area contributed by atoms with Crippen molar-refractivity contribution < 1.29 is 57.2 Å². The van der Waals surface area contributed by atoms with Crippen LogP contribution in [0.1, 0.15) is 90.9 Å². The van der Waals surface area contributed by atoms with Crippen LogP contribution in [0.4, 0.5) is 0 Å². The third-order valence-electron chi connectivity index (χ3n) is 7.84. The van der Waals surface area contributed by atoms with Crippen LogP contribution in [0.15, 0.2) is 50.6 Å². The van der Waals surface area contributed by atoms with Gasteiger partial charge in [-0.05, 0) is 25.7 Å². The summed E-state index contributed by atoms with van der Waals surface area (Å²) in [7, 11) is 0. The summed E-state index contributed by atoms with van der Waals surface area (Å²) >= 11 is 0. The fraction of sp³-hybridized carbons (Fsp3) is 0.611. The lowest BCUT2D eigenvalue weighted by atomic mass is 9.88. The molecule has 0 aromatic carbocycles. The second kappa shape index (κ2) is 25.8. The van der Waals surface area contributed by atoms with E-state index in [9.17, 15) is 28.8 Å². The van der Waals surface area contributed by atoms with Gasteiger partial charge in [0, 0.05) is 37.1 Å². The van der Waals surface area contributed by atoms with Gasteiger partial charge < -0.3 is 28.4 Å². The summed E-state index contributed by atoms with van der Waals surface area (Å²) in [4.78, 5) is 71.0. The Labute approximate surface area is 284 Å². The molecule has 0 aliphatic carbocycles. The van der Waals surface area contributed by atoms with Crippen LogP contribution in [0.5, 0.6) is 0 Å². The van der Waals surface area contributed by atoms with Crippen LogP contribution in [-0.4, -0.2) is 75.5 Å².